The van der Waals surface area contributed by atoms with Gasteiger partial charge in [0.2, 0.25) is 0 Å². The summed E-state index contributed by atoms with van der Waals surface area (Å²) in [5.74, 6) is 1.50. The molecule has 0 aliphatic rings. The molecule has 0 amide bonds. The SMILES string of the molecule is CC(C)C(C)C(C)(c1ccc(O)cc1)c1ccc(-c2ccc(O)cc2)cc1. The van der Waals surface area contributed by atoms with E-state index in [4.69, 9.17) is 0 Å². The number of rotatable bonds is 5. The molecule has 0 saturated carbocycles. The summed E-state index contributed by atoms with van der Waals surface area (Å²) in [6.07, 6.45) is 0. The van der Waals surface area contributed by atoms with E-state index in [0.717, 1.165) is 11.1 Å². The van der Waals surface area contributed by atoms with Crippen LogP contribution in [-0.2, 0) is 5.41 Å². The molecule has 0 bridgehead atoms. The van der Waals surface area contributed by atoms with E-state index in [9.17, 15) is 10.2 Å². The van der Waals surface area contributed by atoms with Gasteiger partial charge in [-0.3, -0.25) is 0 Å². The van der Waals surface area contributed by atoms with Crippen LogP contribution in [0.3, 0.4) is 0 Å². The predicted octanol–water partition coefficient (Wildman–Crippen LogP) is 6.36. The standard InChI is InChI=1S/C25H28O2/c1-17(2)18(3)25(4,22-11-15-24(27)16-12-22)21-9-5-19(6-10-21)20-7-13-23(26)14-8-20/h5-18,26-27H,1-4H3. The molecule has 2 heteroatoms. The zero-order valence-corrected chi connectivity index (χ0v) is 16.5. The van der Waals surface area contributed by atoms with Crippen LogP contribution in [0.5, 0.6) is 11.5 Å². The summed E-state index contributed by atoms with van der Waals surface area (Å²) < 4.78 is 0. The Morgan fingerprint density at radius 3 is 1.33 bits per heavy atom. The van der Waals surface area contributed by atoms with Crippen LogP contribution >= 0.6 is 0 Å². The van der Waals surface area contributed by atoms with Gasteiger partial charge in [0.1, 0.15) is 11.5 Å². The Hall–Kier alpha value is -2.74. The van der Waals surface area contributed by atoms with Gasteiger partial charge in [0, 0.05) is 5.41 Å². The lowest BCUT2D eigenvalue weighted by molar-refractivity contribution is 0.285. The summed E-state index contributed by atoms with van der Waals surface area (Å²) in [6, 6.07) is 23.6. The molecular weight excluding hydrogens is 332 g/mol. The third-order valence-electron chi connectivity index (χ3n) is 6.06. The maximum absolute atomic E-state index is 9.70. The van der Waals surface area contributed by atoms with Crippen LogP contribution in [0, 0.1) is 11.8 Å². The molecule has 0 saturated heterocycles. The van der Waals surface area contributed by atoms with Crippen LogP contribution < -0.4 is 0 Å². The highest BCUT2D eigenvalue weighted by Gasteiger charge is 2.36. The molecule has 0 aliphatic carbocycles. The fraction of sp³-hybridized carbons (Fsp3) is 0.280. The molecule has 0 fully saturated rings. The van der Waals surface area contributed by atoms with E-state index in [1.54, 1.807) is 24.3 Å². The van der Waals surface area contributed by atoms with Crippen LogP contribution in [0.15, 0.2) is 72.8 Å². The Balaban J connectivity index is 2.04. The molecule has 140 valence electrons. The Kier molecular flexibility index (Phi) is 5.27. The van der Waals surface area contributed by atoms with E-state index in [0.29, 0.717) is 17.6 Å². The number of hydrogen-bond donors (Lipinski definition) is 2. The lowest BCUT2D eigenvalue weighted by Gasteiger charge is -2.39. The van der Waals surface area contributed by atoms with Gasteiger partial charge in [-0.25, -0.2) is 0 Å². The zero-order valence-electron chi connectivity index (χ0n) is 16.5. The Bertz CT molecular complexity index is 877. The summed E-state index contributed by atoms with van der Waals surface area (Å²) in [5, 5.41) is 19.2. The minimum absolute atomic E-state index is 0.157. The minimum Gasteiger partial charge on any atom is -0.508 e. The van der Waals surface area contributed by atoms with Crippen molar-refractivity contribution in [3.63, 3.8) is 0 Å². The third kappa shape index (κ3) is 3.71. The second kappa shape index (κ2) is 7.48. The molecule has 3 aromatic rings. The molecular formula is C25H28O2. The van der Waals surface area contributed by atoms with Crippen molar-refractivity contribution in [3.8, 4) is 22.6 Å². The average molecular weight is 360 g/mol. The van der Waals surface area contributed by atoms with Gasteiger partial charge in [0.05, 0.1) is 0 Å². The molecule has 2 atom stereocenters. The van der Waals surface area contributed by atoms with Gasteiger partial charge in [0.25, 0.3) is 0 Å². The molecule has 0 spiro atoms. The second-order valence-electron chi connectivity index (χ2n) is 7.91. The van der Waals surface area contributed by atoms with E-state index in [1.165, 1.54) is 11.1 Å². The van der Waals surface area contributed by atoms with Crippen LogP contribution in [0.2, 0.25) is 0 Å². The molecule has 27 heavy (non-hydrogen) atoms. The third-order valence-corrected chi connectivity index (χ3v) is 6.06. The molecule has 3 aromatic carbocycles. The summed E-state index contributed by atoms with van der Waals surface area (Å²) in [4.78, 5) is 0. The van der Waals surface area contributed by atoms with E-state index in [1.807, 2.05) is 24.3 Å². The van der Waals surface area contributed by atoms with Crippen LogP contribution in [0.25, 0.3) is 11.1 Å². The zero-order chi connectivity index (χ0) is 19.6. The van der Waals surface area contributed by atoms with Crippen LogP contribution in [0.1, 0.15) is 38.8 Å². The topological polar surface area (TPSA) is 40.5 Å². The van der Waals surface area contributed by atoms with Crippen molar-refractivity contribution in [2.24, 2.45) is 11.8 Å². The van der Waals surface area contributed by atoms with Gasteiger partial charge < -0.3 is 10.2 Å². The van der Waals surface area contributed by atoms with Gasteiger partial charge >= 0.3 is 0 Å². The van der Waals surface area contributed by atoms with Crippen molar-refractivity contribution in [2.45, 2.75) is 33.1 Å². The minimum atomic E-state index is -0.157. The number of benzene rings is 3. The fourth-order valence-corrected chi connectivity index (χ4v) is 3.83. The highest BCUT2D eigenvalue weighted by molar-refractivity contribution is 5.65. The Morgan fingerprint density at radius 2 is 0.926 bits per heavy atom. The molecule has 0 aliphatic heterocycles. The van der Waals surface area contributed by atoms with Gasteiger partial charge in [0.15, 0.2) is 0 Å². The largest absolute Gasteiger partial charge is 0.508 e. The molecule has 0 heterocycles. The number of phenols is 2. The summed E-state index contributed by atoms with van der Waals surface area (Å²) >= 11 is 0. The van der Waals surface area contributed by atoms with Crippen LogP contribution in [0.4, 0.5) is 0 Å². The second-order valence-corrected chi connectivity index (χ2v) is 7.91. The number of phenolic OH excluding ortho intramolecular Hbond substituents is 2. The van der Waals surface area contributed by atoms with E-state index < -0.39 is 0 Å². The van der Waals surface area contributed by atoms with Crippen molar-refractivity contribution in [1.29, 1.82) is 0 Å². The molecule has 2 nitrogen and oxygen atoms in total. The fourth-order valence-electron chi connectivity index (χ4n) is 3.83. The Labute approximate surface area is 162 Å². The van der Waals surface area contributed by atoms with E-state index in [2.05, 4.69) is 52.0 Å². The number of hydrogen-bond acceptors (Lipinski definition) is 2. The average Bonchev–Trinajstić information content (AvgIpc) is 2.68. The summed E-state index contributed by atoms with van der Waals surface area (Å²) in [6.45, 7) is 9.10. The molecule has 0 radical (unpaired) electrons. The first kappa shape index (κ1) is 19.0. The lowest BCUT2D eigenvalue weighted by Crippen LogP contribution is -2.34. The molecule has 0 aromatic heterocycles. The van der Waals surface area contributed by atoms with Crippen molar-refractivity contribution in [2.75, 3.05) is 0 Å². The van der Waals surface area contributed by atoms with Gasteiger partial charge in [-0.15, -0.1) is 0 Å². The molecule has 3 rings (SSSR count). The molecule has 2 unspecified atom stereocenters. The maximum atomic E-state index is 9.70. The van der Waals surface area contributed by atoms with Crippen molar-refractivity contribution < 1.29 is 10.2 Å². The quantitative estimate of drug-likeness (QED) is 0.555. The van der Waals surface area contributed by atoms with Gasteiger partial charge in [-0.2, -0.15) is 0 Å². The summed E-state index contributed by atoms with van der Waals surface area (Å²) in [5.41, 5.74) is 4.53. The van der Waals surface area contributed by atoms with Crippen molar-refractivity contribution in [3.05, 3.63) is 83.9 Å². The lowest BCUT2D eigenvalue weighted by atomic mass is 9.64. The van der Waals surface area contributed by atoms with Crippen LogP contribution in [-0.4, -0.2) is 10.2 Å². The number of aromatic hydroxyl groups is 2. The Morgan fingerprint density at radius 1 is 0.593 bits per heavy atom. The smallest absolute Gasteiger partial charge is 0.115 e. The van der Waals surface area contributed by atoms with E-state index >= 15 is 0 Å². The maximum Gasteiger partial charge on any atom is 0.115 e. The monoisotopic (exact) mass is 360 g/mol. The first-order valence-electron chi connectivity index (χ1n) is 9.52. The first-order valence-corrected chi connectivity index (χ1v) is 9.52. The summed E-state index contributed by atoms with van der Waals surface area (Å²) in [7, 11) is 0. The normalized spacial score (nSPS) is 14.7. The first-order chi connectivity index (χ1) is 12.8. The van der Waals surface area contributed by atoms with Gasteiger partial charge in [-0.05, 0) is 58.4 Å². The van der Waals surface area contributed by atoms with Crippen molar-refractivity contribution in [1.82, 2.24) is 0 Å². The van der Waals surface area contributed by atoms with E-state index in [-0.39, 0.29) is 11.2 Å². The predicted molar refractivity (Wildman–Crippen MR) is 112 cm³/mol. The van der Waals surface area contributed by atoms with Gasteiger partial charge in [-0.1, -0.05) is 76.2 Å². The highest BCUT2D eigenvalue weighted by atomic mass is 16.3. The highest BCUT2D eigenvalue weighted by Crippen LogP contribution is 2.43. The van der Waals surface area contributed by atoms with Crippen molar-refractivity contribution >= 4 is 0 Å². The molecule has 2 N–H and O–H groups in total.